The molecule has 1 saturated heterocycles. The molecule has 0 spiro atoms. The fraction of sp³-hybridized carbons (Fsp3) is 0.818. The summed E-state index contributed by atoms with van der Waals surface area (Å²) >= 11 is 0. The maximum Gasteiger partial charge on any atom is 0.0224 e. The summed E-state index contributed by atoms with van der Waals surface area (Å²) in [4.78, 5) is 2.55. The minimum absolute atomic E-state index is 0.759. The monoisotopic (exact) mass is 182 g/mol. The highest BCUT2D eigenvalue weighted by molar-refractivity contribution is 4.86. The summed E-state index contributed by atoms with van der Waals surface area (Å²) in [5.41, 5.74) is 0. The molecule has 2 heteroatoms. The molecule has 0 saturated carbocycles. The van der Waals surface area contributed by atoms with Gasteiger partial charge in [-0.1, -0.05) is 19.1 Å². The molecular weight excluding hydrogens is 160 g/mol. The molecule has 0 aromatic carbocycles. The highest BCUT2D eigenvalue weighted by Crippen LogP contribution is 2.09. The van der Waals surface area contributed by atoms with Gasteiger partial charge in [-0.25, -0.2) is 0 Å². The number of likely N-dealkylation sites (N-methyl/N-ethyl adjacent to an activating group) is 1. The Hall–Kier alpha value is -0.340. The van der Waals surface area contributed by atoms with Gasteiger partial charge in [0.05, 0.1) is 0 Å². The Morgan fingerprint density at radius 1 is 1.54 bits per heavy atom. The van der Waals surface area contributed by atoms with Gasteiger partial charge in [0.15, 0.2) is 0 Å². The van der Waals surface area contributed by atoms with Gasteiger partial charge < -0.3 is 5.32 Å². The normalized spacial score (nSPS) is 24.4. The molecule has 13 heavy (non-hydrogen) atoms. The second-order valence-corrected chi connectivity index (χ2v) is 3.66. The van der Waals surface area contributed by atoms with Crippen molar-refractivity contribution in [2.45, 2.75) is 32.7 Å². The summed E-state index contributed by atoms with van der Waals surface area (Å²) in [6.07, 6.45) is 7.08. The molecule has 2 nitrogen and oxygen atoms in total. The number of piperidine rings is 1. The second-order valence-electron chi connectivity index (χ2n) is 3.66. The average Bonchev–Trinajstić information content (AvgIpc) is 2.21. The van der Waals surface area contributed by atoms with E-state index in [4.69, 9.17) is 0 Å². The lowest BCUT2D eigenvalue weighted by Gasteiger charge is -2.33. The lowest BCUT2D eigenvalue weighted by atomic mass is 10.1. The van der Waals surface area contributed by atoms with E-state index in [1.807, 2.05) is 0 Å². The molecule has 76 valence electrons. The van der Waals surface area contributed by atoms with Crippen LogP contribution < -0.4 is 5.32 Å². The smallest absolute Gasteiger partial charge is 0.0224 e. The molecule has 1 fully saturated rings. The van der Waals surface area contributed by atoms with Crippen LogP contribution in [0.4, 0.5) is 0 Å². The summed E-state index contributed by atoms with van der Waals surface area (Å²) in [7, 11) is 0. The van der Waals surface area contributed by atoms with E-state index in [0.29, 0.717) is 0 Å². The Labute approximate surface area is 82.0 Å². The van der Waals surface area contributed by atoms with E-state index in [-0.39, 0.29) is 0 Å². The molecule has 1 heterocycles. The van der Waals surface area contributed by atoms with Crippen molar-refractivity contribution in [1.82, 2.24) is 10.2 Å². The van der Waals surface area contributed by atoms with Gasteiger partial charge in [0.2, 0.25) is 0 Å². The minimum Gasteiger partial charge on any atom is -0.315 e. The van der Waals surface area contributed by atoms with Crippen LogP contribution in [-0.2, 0) is 0 Å². The van der Waals surface area contributed by atoms with Crippen LogP contribution in [0, 0.1) is 0 Å². The summed E-state index contributed by atoms with van der Waals surface area (Å²) in [5.74, 6) is 0. The van der Waals surface area contributed by atoms with Crippen molar-refractivity contribution < 1.29 is 0 Å². The standard InChI is InChI=1S/C11H22N2/c1-3-5-9-13(4-2)11-7-6-8-12-10-11/h3,5,11-12H,4,6-10H2,1-2H3. The molecular formula is C11H22N2. The Balaban J connectivity index is 2.34. The van der Waals surface area contributed by atoms with Crippen molar-refractivity contribution in [3.05, 3.63) is 12.2 Å². The van der Waals surface area contributed by atoms with Gasteiger partial charge in [-0.3, -0.25) is 4.90 Å². The van der Waals surface area contributed by atoms with E-state index in [0.717, 1.165) is 19.1 Å². The number of nitrogens with one attached hydrogen (secondary N) is 1. The van der Waals surface area contributed by atoms with Gasteiger partial charge in [0, 0.05) is 19.1 Å². The first-order chi connectivity index (χ1) is 6.38. The molecule has 0 aliphatic carbocycles. The zero-order chi connectivity index (χ0) is 9.52. The fourth-order valence-corrected chi connectivity index (χ4v) is 1.92. The third-order valence-corrected chi connectivity index (χ3v) is 2.77. The first kappa shape index (κ1) is 10.7. The van der Waals surface area contributed by atoms with E-state index in [1.165, 1.54) is 25.9 Å². The largest absolute Gasteiger partial charge is 0.315 e. The Kier molecular flexibility index (Phi) is 5.09. The number of hydrogen-bond acceptors (Lipinski definition) is 2. The molecule has 0 radical (unpaired) electrons. The van der Waals surface area contributed by atoms with Gasteiger partial charge in [-0.15, -0.1) is 0 Å². The van der Waals surface area contributed by atoms with E-state index in [1.54, 1.807) is 0 Å². The Bertz CT molecular complexity index is 148. The van der Waals surface area contributed by atoms with E-state index < -0.39 is 0 Å². The number of nitrogens with zero attached hydrogens (tertiary/aromatic N) is 1. The summed E-state index contributed by atoms with van der Waals surface area (Å²) in [5, 5.41) is 3.46. The van der Waals surface area contributed by atoms with Gasteiger partial charge >= 0.3 is 0 Å². The zero-order valence-corrected chi connectivity index (χ0v) is 8.92. The van der Waals surface area contributed by atoms with Crippen molar-refractivity contribution >= 4 is 0 Å². The average molecular weight is 182 g/mol. The molecule has 1 aliphatic heterocycles. The first-order valence-electron chi connectivity index (χ1n) is 5.44. The molecule has 1 atom stereocenters. The molecule has 0 amide bonds. The Morgan fingerprint density at radius 2 is 2.38 bits per heavy atom. The summed E-state index contributed by atoms with van der Waals surface area (Å²) < 4.78 is 0. The van der Waals surface area contributed by atoms with Gasteiger partial charge in [-0.2, -0.15) is 0 Å². The summed E-state index contributed by atoms with van der Waals surface area (Å²) in [6.45, 7) is 8.99. The fourth-order valence-electron chi connectivity index (χ4n) is 1.92. The SMILES string of the molecule is CC=CCN(CC)C1CCCNC1. The van der Waals surface area contributed by atoms with Crippen molar-refractivity contribution in [2.24, 2.45) is 0 Å². The van der Waals surface area contributed by atoms with E-state index in [9.17, 15) is 0 Å². The number of allylic oxidation sites excluding steroid dienone is 1. The van der Waals surface area contributed by atoms with Crippen LogP contribution in [0.25, 0.3) is 0 Å². The lowest BCUT2D eigenvalue weighted by molar-refractivity contribution is 0.191. The number of rotatable bonds is 4. The van der Waals surface area contributed by atoms with Crippen LogP contribution in [0.15, 0.2) is 12.2 Å². The minimum atomic E-state index is 0.759. The number of hydrogen-bond donors (Lipinski definition) is 1. The molecule has 0 bridgehead atoms. The maximum absolute atomic E-state index is 3.46. The zero-order valence-electron chi connectivity index (χ0n) is 8.92. The molecule has 1 rings (SSSR count). The van der Waals surface area contributed by atoms with Crippen LogP contribution in [0.1, 0.15) is 26.7 Å². The van der Waals surface area contributed by atoms with Crippen molar-refractivity contribution in [1.29, 1.82) is 0 Å². The predicted molar refractivity (Wildman–Crippen MR) is 58.0 cm³/mol. The quantitative estimate of drug-likeness (QED) is 0.665. The lowest BCUT2D eigenvalue weighted by Crippen LogP contribution is -2.45. The van der Waals surface area contributed by atoms with Crippen LogP contribution >= 0.6 is 0 Å². The third kappa shape index (κ3) is 3.49. The Morgan fingerprint density at radius 3 is 2.92 bits per heavy atom. The predicted octanol–water partition coefficient (Wildman–Crippen LogP) is 1.64. The highest BCUT2D eigenvalue weighted by Gasteiger charge is 2.17. The van der Waals surface area contributed by atoms with Crippen molar-refractivity contribution in [3.63, 3.8) is 0 Å². The van der Waals surface area contributed by atoms with E-state index >= 15 is 0 Å². The second kappa shape index (κ2) is 6.17. The molecule has 1 N–H and O–H groups in total. The van der Waals surface area contributed by atoms with Gasteiger partial charge in [0.25, 0.3) is 0 Å². The van der Waals surface area contributed by atoms with Crippen molar-refractivity contribution in [3.8, 4) is 0 Å². The molecule has 1 unspecified atom stereocenters. The first-order valence-corrected chi connectivity index (χ1v) is 5.44. The van der Waals surface area contributed by atoms with Crippen LogP contribution in [-0.4, -0.2) is 37.1 Å². The van der Waals surface area contributed by atoms with Gasteiger partial charge in [-0.05, 0) is 32.9 Å². The van der Waals surface area contributed by atoms with Crippen LogP contribution in [0.3, 0.4) is 0 Å². The topological polar surface area (TPSA) is 15.3 Å². The highest BCUT2D eigenvalue weighted by atomic mass is 15.2. The van der Waals surface area contributed by atoms with Crippen LogP contribution in [0.2, 0.25) is 0 Å². The van der Waals surface area contributed by atoms with Crippen molar-refractivity contribution in [2.75, 3.05) is 26.2 Å². The maximum atomic E-state index is 3.46. The third-order valence-electron chi connectivity index (χ3n) is 2.77. The van der Waals surface area contributed by atoms with Gasteiger partial charge in [0.1, 0.15) is 0 Å². The summed E-state index contributed by atoms with van der Waals surface area (Å²) in [6, 6.07) is 0.759. The molecule has 0 aromatic heterocycles. The molecule has 0 aromatic rings. The molecule has 1 aliphatic rings. The van der Waals surface area contributed by atoms with E-state index in [2.05, 4.69) is 36.2 Å². The van der Waals surface area contributed by atoms with Crippen LogP contribution in [0.5, 0.6) is 0 Å².